The standard InChI is InChI=1S/C16H10F3N3.C14H8F3NO2.C3H9N.CH4/c17-16(18,19)13-3-1-2-12(10-13)15-14(21-8-9-22-15)11-4-6-20-7-5-11;15-14(16,17)11-3-1-2-10(8-11)13(20)12(19)9-4-6-18-7-5-9;1-2-3-4;/h1-10H;1-8H;2-4H2,1H3;1H4. The second-order valence-corrected chi connectivity index (χ2v) is 9.33. The Bertz CT molecular complexity index is 1730. The number of pyridine rings is 2. The van der Waals surface area contributed by atoms with Crippen LogP contribution in [0.2, 0.25) is 0 Å². The van der Waals surface area contributed by atoms with Crippen LogP contribution < -0.4 is 5.73 Å². The van der Waals surface area contributed by atoms with E-state index in [0.29, 0.717) is 23.0 Å². The predicted octanol–water partition coefficient (Wildman–Crippen LogP) is 8.38. The Balaban J connectivity index is 0.000000289. The van der Waals surface area contributed by atoms with Crippen molar-refractivity contribution in [3.8, 4) is 22.5 Å². The summed E-state index contributed by atoms with van der Waals surface area (Å²) in [4.78, 5) is 39.8. The first-order valence-corrected chi connectivity index (χ1v) is 13.6. The van der Waals surface area contributed by atoms with Gasteiger partial charge in [-0.2, -0.15) is 26.3 Å². The lowest BCUT2D eigenvalue weighted by atomic mass is 10.0. The number of hydrogen-bond acceptors (Lipinski definition) is 7. The Hall–Kier alpha value is -5.30. The molecule has 13 heteroatoms. The number of ketones is 2. The average molecular weight is 656 g/mol. The maximum absolute atomic E-state index is 12.9. The summed E-state index contributed by atoms with van der Waals surface area (Å²) < 4.78 is 76.2. The maximum atomic E-state index is 12.9. The van der Waals surface area contributed by atoms with Crippen LogP contribution in [-0.2, 0) is 12.4 Å². The Morgan fingerprint density at radius 2 is 1.06 bits per heavy atom. The van der Waals surface area contributed by atoms with Gasteiger partial charge in [-0.15, -0.1) is 0 Å². The Morgan fingerprint density at radius 3 is 1.57 bits per heavy atom. The van der Waals surface area contributed by atoms with Gasteiger partial charge in [0.25, 0.3) is 0 Å². The van der Waals surface area contributed by atoms with Crippen molar-refractivity contribution < 1.29 is 35.9 Å². The minimum Gasteiger partial charge on any atom is -0.330 e. The highest BCUT2D eigenvalue weighted by Gasteiger charge is 2.32. The smallest absolute Gasteiger partial charge is 0.330 e. The number of rotatable bonds is 6. The molecule has 0 aliphatic rings. The molecule has 0 aliphatic carbocycles. The van der Waals surface area contributed by atoms with Crippen LogP contribution in [0.4, 0.5) is 26.3 Å². The van der Waals surface area contributed by atoms with E-state index >= 15 is 0 Å². The van der Waals surface area contributed by atoms with Crippen LogP contribution in [0, 0.1) is 0 Å². The predicted molar refractivity (Wildman–Crippen MR) is 166 cm³/mol. The summed E-state index contributed by atoms with van der Waals surface area (Å²) in [5.41, 5.74) is 5.18. The normalized spacial score (nSPS) is 10.7. The Kier molecular flexibility index (Phi) is 14.0. The molecule has 0 amide bonds. The molecular formula is C34H31F6N5O2. The van der Waals surface area contributed by atoms with Gasteiger partial charge < -0.3 is 5.73 Å². The van der Waals surface area contributed by atoms with Crippen molar-refractivity contribution in [2.45, 2.75) is 33.1 Å². The van der Waals surface area contributed by atoms with Gasteiger partial charge in [0.05, 0.1) is 22.5 Å². The van der Waals surface area contributed by atoms with E-state index in [0.717, 1.165) is 42.8 Å². The van der Waals surface area contributed by atoms with E-state index in [9.17, 15) is 35.9 Å². The summed E-state index contributed by atoms with van der Waals surface area (Å²) in [5, 5.41) is 0. The number of nitrogens with zero attached hydrogens (tertiary/aromatic N) is 4. The van der Waals surface area contributed by atoms with E-state index in [-0.39, 0.29) is 18.6 Å². The monoisotopic (exact) mass is 655 g/mol. The molecule has 2 aromatic carbocycles. The topological polar surface area (TPSA) is 112 Å². The van der Waals surface area contributed by atoms with Gasteiger partial charge in [0.15, 0.2) is 0 Å². The molecule has 0 radical (unpaired) electrons. The first kappa shape index (κ1) is 37.9. The number of Topliss-reactive ketones (excluding diaryl/α,β-unsaturated/α-hetero) is 2. The van der Waals surface area contributed by atoms with Gasteiger partial charge in [0, 0.05) is 59.4 Å². The third kappa shape index (κ3) is 10.9. The first-order chi connectivity index (χ1) is 21.9. The molecule has 5 rings (SSSR count). The van der Waals surface area contributed by atoms with Gasteiger partial charge in [0.2, 0.25) is 11.6 Å². The number of nitrogens with two attached hydrogens (primary N) is 1. The molecule has 3 heterocycles. The SMILES string of the molecule is C.CCCN.FC(F)(F)c1cccc(-c2nccnc2-c2ccncc2)c1.O=C(C(=O)c1cccc(C(F)(F)F)c1)c1ccncc1. The Labute approximate surface area is 267 Å². The van der Waals surface area contributed by atoms with E-state index in [1.54, 1.807) is 30.6 Å². The third-order valence-electron chi connectivity index (χ3n) is 6.00. The lowest BCUT2D eigenvalue weighted by Gasteiger charge is -2.11. The molecule has 0 spiro atoms. The molecule has 0 saturated carbocycles. The first-order valence-electron chi connectivity index (χ1n) is 13.6. The molecule has 0 saturated heterocycles. The van der Waals surface area contributed by atoms with Crippen LogP contribution in [0.1, 0.15) is 52.6 Å². The summed E-state index contributed by atoms with van der Waals surface area (Å²) in [6.07, 6.45) is 0.956. The van der Waals surface area contributed by atoms with Crippen molar-refractivity contribution in [2.24, 2.45) is 5.73 Å². The minimum atomic E-state index is -4.56. The van der Waals surface area contributed by atoms with Crippen molar-refractivity contribution in [3.63, 3.8) is 0 Å². The van der Waals surface area contributed by atoms with Crippen LogP contribution in [0.25, 0.3) is 22.5 Å². The highest BCUT2D eigenvalue weighted by Crippen LogP contribution is 2.34. The molecule has 2 N–H and O–H groups in total. The molecule has 246 valence electrons. The molecule has 0 fully saturated rings. The lowest BCUT2D eigenvalue weighted by molar-refractivity contribution is -0.138. The summed E-state index contributed by atoms with van der Waals surface area (Å²) in [5.74, 6) is -1.85. The number of benzene rings is 2. The highest BCUT2D eigenvalue weighted by atomic mass is 19.4. The summed E-state index contributed by atoms with van der Waals surface area (Å²) >= 11 is 0. The average Bonchev–Trinajstić information content (AvgIpc) is 3.08. The second-order valence-electron chi connectivity index (χ2n) is 9.33. The van der Waals surface area contributed by atoms with E-state index in [1.165, 1.54) is 49.1 Å². The van der Waals surface area contributed by atoms with E-state index in [4.69, 9.17) is 5.73 Å². The quantitative estimate of drug-likeness (QED) is 0.111. The molecule has 7 nitrogen and oxygen atoms in total. The fourth-order valence-corrected chi connectivity index (χ4v) is 3.72. The van der Waals surface area contributed by atoms with Crippen molar-refractivity contribution in [2.75, 3.05) is 6.54 Å². The van der Waals surface area contributed by atoms with E-state index in [2.05, 4.69) is 26.9 Å². The number of hydrogen-bond donors (Lipinski definition) is 1. The fraction of sp³-hybridized carbons (Fsp3) is 0.176. The second kappa shape index (κ2) is 17.4. The zero-order valence-electron chi connectivity index (χ0n) is 24.3. The number of aromatic nitrogens is 4. The van der Waals surface area contributed by atoms with E-state index < -0.39 is 35.0 Å². The number of alkyl halides is 6. The van der Waals surface area contributed by atoms with Gasteiger partial charge in [-0.1, -0.05) is 38.6 Å². The Morgan fingerprint density at radius 1 is 0.617 bits per heavy atom. The van der Waals surface area contributed by atoms with E-state index in [1.807, 2.05) is 0 Å². The van der Waals surface area contributed by atoms with Crippen LogP contribution in [0.3, 0.4) is 0 Å². The molecule has 3 aromatic heterocycles. The van der Waals surface area contributed by atoms with Crippen LogP contribution >= 0.6 is 0 Å². The molecule has 5 aromatic rings. The van der Waals surface area contributed by atoms with Crippen molar-refractivity contribution in [1.82, 2.24) is 19.9 Å². The van der Waals surface area contributed by atoms with Crippen LogP contribution in [0.5, 0.6) is 0 Å². The van der Waals surface area contributed by atoms with Gasteiger partial charge in [0.1, 0.15) is 0 Å². The van der Waals surface area contributed by atoms with Gasteiger partial charge in [-0.05, 0) is 61.5 Å². The minimum absolute atomic E-state index is 0. The van der Waals surface area contributed by atoms with Crippen LogP contribution in [0.15, 0.2) is 110 Å². The fourth-order valence-electron chi connectivity index (χ4n) is 3.72. The molecule has 0 bridgehead atoms. The largest absolute Gasteiger partial charge is 0.416 e. The number of carbonyl (C=O) groups excluding carboxylic acids is 2. The third-order valence-corrected chi connectivity index (χ3v) is 6.00. The number of halogens is 6. The summed E-state index contributed by atoms with van der Waals surface area (Å²) in [7, 11) is 0. The summed E-state index contributed by atoms with van der Waals surface area (Å²) in [6.45, 7) is 2.88. The molecule has 0 atom stereocenters. The number of carbonyl (C=O) groups is 2. The van der Waals surface area contributed by atoms with Crippen molar-refractivity contribution >= 4 is 11.6 Å². The zero-order valence-corrected chi connectivity index (χ0v) is 24.3. The summed E-state index contributed by atoms with van der Waals surface area (Å²) in [6, 6.07) is 15.0. The molecule has 0 aliphatic heterocycles. The lowest BCUT2D eigenvalue weighted by Crippen LogP contribution is -2.15. The maximum Gasteiger partial charge on any atom is 0.416 e. The van der Waals surface area contributed by atoms with Gasteiger partial charge >= 0.3 is 12.4 Å². The zero-order chi connectivity index (χ0) is 33.7. The molecule has 0 unspecified atom stereocenters. The van der Waals surface area contributed by atoms with Crippen LogP contribution in [-0.4, -0.2) is 38.0 Å². The highest BCUT2D eigenvalue weighted by molar-refractivity contribution is 6.49. The van der Waals surface area contributed by atoms with Crippen molar-refractivity contribution in [3.05, 3.63) is 132 Å². The van der Waals surface area contributed by atoms with Crippen molar-refractivity contribution in [1.29, 1.82) is 0 Å². The molecular weight excluding hydrogens is 624 g/mol. The van der Waals surface area contributed by atoms with Gasteiger partial charge in [-0.25, -0.2) is 0 Å². The van der Waals surface area contributed by atoms with Gasteiger partial charge in [-0.3, -0.25) is 29.5 Å². The molecule has 47 heavy (non-hydrogen) atoms.